The third kappa shape index (κ3) is 1.05. The molecule has 0 spiro atoms. The van der Waals surface area contributed by atoms with E-state index >= 15 is 0 Å². The van der Waals surface area contributed by atoms with Crippen LogP contribution in [0.25, 0.3) is 0 Å². The maximum atomic E-state index is 11.6. The molecule has 0 bridgehead atoms. The molecule has 1 aliphatic carbocycles. The Balaban J connectivity index is 2.01. The fraction of sp³-hybridized carbons (Fsp3) is 0.875. The zero-order valence-corrected chi connectivity index (χ0v) is 8.24. The Morgan fingerprint density at radius 1 is 1.42 bits per heavy atom. The molecule has 2 nitrogen and oxygen atoms in total. The maximum absolute atomic E-state index is 11.6. The van der Waals surface area contributed by atoms with Gasteiger partial charge in [-0.25, -0.2) is 0 Å². The second-order valence-electron chi connectivity index (χ2n) is 3.71. The van der Waals surface area contributed by atoms with Gasteiger partial charge >= 0.3 is 0 Å². The lowest BCUT2D eigenvalue weighted by molar-refractivity contribution is -0.156. The lowest BCUT2D eigenvalue weighted by Crippen LogP contribution is -2.64. The van der Waals surface area contributed by atoms with Crippen LogP contribution in [0.5, 0.6) is 0 Å². The van der Waals surface area contributed by atoms with E-state index in [1.165, 1.54) is 0 Å². The molecule has 2 fully saturated rings. The van der Waals surface area contributed by atoms with Crippen LogP contribution in [0.4, 0.5) is 0 Å². The largest absolute Gasteiger partial charge is 0.338 e. The summed E-state index contributed by atoms with van der Waals surface area (Å²) in [5, 5.41) is 0. The fourth-order valence-electron chi connectivity index (χ4n) is 1.59. The predicted octanol–water partition coefficient (Wildman–Crippen LogP) is 1.45. The van der Waals surface area contributed by atoms with E-state index < -0.39 is 5.41 Å². The summed E-state index contributed by atoms with van der Waals surface area (Å²) < 4.78 is 0. The van der Waals surface area contributed by atoms with E-state index in [4.69, 9.17) is 23.2 Å². The van der Waals surface area contributed by atoms with Crippen molar-refractivity contribution >= 4 is 29.1 Å². The van der Waals surface area contributed by atoms with E-state index in [9.17, 15) is 4.79 Å². The first-order valence-electron chi connectivity index (χ1n) is 4.16. The molecule has 0 N–H and O–H groups in total. The van der Waals surface area contributed by atoms with E-state index in [0.717, 1.165) is 19.4 Å². The standard InChI is InChI=1S/C8H11Cl2NO/c9-3-8(4-10)5-11(7(8)12)6-1-2-6/h6H,1-5H2. The molecule has 0 radical (unpaired) electrons. The molecular weight excluding hydrogens is 197 g/mol. The highest BCUT2D eigenvalue weighted by Gasteiger charge is 2.54. The van der Waals surface area contributed by atoms with Crippen molar-refractivity contribution in [2.24, 2.45) is 5.41 Å². The lowest BCUT2D eigenvalue weighted by Gasteiger charge is -2.47. The van der Waals surface area contributed by atoms with E-state index in [2.05, 4.69) is 0 Å². The normalized spacial score (nSPS) is 27.2. The number of halogens is 2. The Morgan fingerprint density at radius 2 is 2.00 bits per heavy atom. The molecule has 0 atom stereocenters. The maximum Gasteiger partial charge on any atom is 0.233 e. The minimum absolute atomic E-state index is 0.162. The average Bonchev–Trinajstić information content (AvgIpc) is 2.88. The number of carbonyl (C=O) groups excluding carboxylic acids is 1. The van der Waals surface area contributed by atoms with Crippen LogP contribution in [-0.4, -0.2) is 35.2 Å². The molecule has 2 rings (SSSR count). The van der Waals surface area contributed by atoms with E-state index in [0.29, 0.717) is 17.8 Å². The zero-order chi connectivity index (χ0) is 8.77. The zero-order valence-electron chi connectivity index (χ0n) is 6.72. The van der Waals surface area contributed by atoms with Crippen LogP contribution >= 0.6 is 23.2 Å². The van der Waals surface area contributed by atoms with E-state index in [-0.39, 0.29) is 5.91 Å². The minimum Gasteiger partial charge on any atom is -0.338 e. The van der Waals surface area contributed by atoms with Crippen LogP contribution in [0.1, 0.15) is 12.8 Å². The third-order valence-corrected chi connectivity index (χ3v) is 3.71. The molecule has 0 aromatic rings. The number of likely N-dealkylation sites (tertiary alicyclic amines) is 1. The second kappa shape index (κ2) is 2.78. The molecule has 1 saturated carbocycles. The van der Waals surface area contributed by atoms with Crippen molar-refractivity contribution in [3.63, 3.8) is 0 Å². The summed E-state index contributed by atoms with van der Waals surface area (Å²) in [6, 6.07) is 0.511. The number of hydrogen-bond acceptors (Lipinski definition) is 1. The Hall–Kier alpha value is 0.0500. The van der Waals surface area contributed by atoms with Crippen LogP contribution in [0.3, 0.4) is 0 Å². The van der Waals surface area contributed by atoms with Crippen LogP contribution in [0, 0.1) is 5.41 Å². The summed E-state index contributed by atoms with van der Waals surface area (Å²) in [6.07, 6.45) is 2.32. The molecule has 0 aromatic heterocycles. The number of nitrogens with zero attached hydrogens (tertiary/aromatic N) is 1. The smallest absolute Gasteiger partial charge is 0.233 e. The molecule has 1 amide bonds. The monoisotopic (exact) mass is 207 g/mol. The molecule has 12 heavy (non-hydrogen) atoms. The van der Waals surface area contributed by atoms with Crippen LogP contribution in [-0.2, 0) is 4.79 Å². The van der Waals surface area contributed by atoms with E-state index in [1.807, 2.05) is 4.90 Å². The van der Waals surface area contributed by atoms with Gasteiger partial charge in [0.1, 0.15) is 0 Å². The molecule has 1 aliphatic heterocycles. The van der Waals surface area contributed by atoms with Gasteiger partial charge in [0, 0.05) is 24.3 Å². The molecule has 0 aromatic carbocycles. The van der Waals surface area contributed by atoms with Crippen molar-refractivity contribution in [1.82, 2.24) is 4.90 Å². The summed E-state index contributed by atoms with van der Waals surface area (Å²) in [5.41, 5.74) is -0.425. The summed E-state index contributed by atoms with van der Waals surface area (Å²) in [4.78, 5) is 13.5. The second-order valence-corrected chi connectivity index (χ2v) is 4.25. The summed E-state index contributed by atoms with van der Waals surface area (Å²) in [5.74, 6) is 0.881. The SMILES string of the molecule is O=C1N(C2CC2)CC1(CCl)CCl. The first-order chi connectivity index (χ1) is 5.73. The van der Waals surface area contributed by atoms with Gasteiger partial charge in [-0.05, 0) is 12.8 Å². The van der Waals surface area contributed by atoms with Crippen molar-refractivity contribution in [3.8, 4) is 0 Å². The Labute approximate surface area is 81.8 Å². The number of rotatable bonds is 3. The molecule has 0 unspecified atom stereocenters. The molecule has 1 heterocycles. The molecular formula is C8H11Cl2NO. The van der Waals surface area contributed by atoms with E-state index in [1.54, 1.807) is 0 Å². The van der Waals surface area contributed by atoms with Gasteiger partial charge in [-0.3, -0.25) is 4.79 Å². The van der Waals surface area contributed by atoms with Gasteiger partial charge in [0.15, 0.2) is 0 Å². The number of alkyl halides is 2. The average molecular weight is 208 g/mol. The van der Waals surface area contributed by atoms with Crippen molar-refractivity contribution in [1.29, 1.82) is 0 Å². The van der Waals surface area contributed by atoms with Gasteiger partial charge in [-0.2, -0.15) is 0 Å². The number of β-lactam (4-membered cyclic amide) rings is 1. The van der Waals surface area contributed by atoms with Crippen LogP contribution in [0.2, 0.25) is 0 Å². The van der Waals surface area contributed by atoms with Gasteiger partial charge in [-0.1, -0.05) is 0 Å². The van der Waals surface area contributed by atoms with Gasteiger partial charge in [0.05, 0.1) is 5.41 Å². The molecule has 4 heteroatoms. The van der Waals surface area contributed by atoms with Crippen molar-refractivity contribution in [2.45, 2.75) is 18.9 Å². The minimum atomic E-state index is -0.425. The van der Waals surface area contributed by atoms with Crippen molar-refractivity contribution in [2.75, 3.05) is 18.3 Å². The number of carbonyl (C=O) groups is 1. The fourth-order valence-corrected chi connectivity index (χ4v) is 2.28. The van der Waals surface area contributed by atoms with Crippen LogP contribution < -0.4 is 0 Å². The highest BCUT2D eigenvalue weighted by molar-refractivity contribution is 6.25. The van der Waals surface area contributed by atoms with Gasteiger partial charge in [-0.15, -0.1) is 23.2 Å². The highest BCUT2D eigenvalue weighted by atomic mass is 35.5. The van der Waals surface area contributed by atoms with Gasteiger partial charge < -0.3 is 4.90 Å². The van der Waals surface area contributed by atoms with Crippen molar-refractivity contribution in [3.05, 3.63) is 0 Å². The van der Waals surface area contributed by atoms with Gasteiger partial charge in [0.2, 0.25) is 5.91 Å². The lowest BCUT2D eigenvalue weighted by atomic mass is 9.82. The quantitative estimate of drug-likeness (QED) is 0.507. The summed E-state index contributed by atoms with van der Waals surface area (Å²) in [6.45, 7) is 0.767. The first-order valence-corrected chi connectivity index (χ1v) is 5.23. The predicted molar refractivity (Wildman–Crippen MR) is 48.6 cm³/mol. The Morgan fingerprint density at radius 3 is 2.33 bits per heavy atom. The van der Waals surface area contributed by atoms with Crippen molar-refractivity contribution < 1.29 is 4.79 Å². The molecule has 68 valence electrons. The topological polar surface area (TPSA) is 20.3 Å². The molecule has 1 saturated heterocycles. The third-order valence-electron chi connectivity index (χ3n) is 2.69. The Bertz CT molecular complexity index is 211. The highest BCUT2D eigenvalue weighted by Crippen LogP contribution is 2.41. The summed E-state index contributed by atoms with van der Waals surface area (Å²) >= 11 is 11.4. The van der Waals surface area contributed by atoms with Crippen LogP contribution in [0.15, 0.2) is 0 Å². The first kappa shape index (κ1) is 8.64. The molecule has 2 aliphatic rings. The Kier molecular flexibility index (Phi) is 2.00. The number of amides is 1. The number of hydrogen-bond donors (Lipinski definition) is 0. The summed E-state index contributed by atoms with van der Waals surface area (Å²) in [7, 11) is 0. The van der Waals surface area contributed by atoms with Gasteiger partial charge in [0.25, 0.3) is 0 Å².